The highest BCUT2D eigenvalue weighted by atomic mass is 35.5. The molecule has 0 aromatic heterocycles. The molecule has 1 N–H and O–H groups in total. The molecule has 3 heteroatoms. The number of aliphatic hydroxyl groups is 1. The van der Waals surface area contributed by atoms with Gasteiger partial charge in [-0.05, 0) is 30.0 Å². The molecule has 0 radical (unpaired) electrons. The van der Waals surface area contributed by atoms with Crippen LogP contribution in [0.1, 0.15) is 25.0 Å². The first-order valence-corrected chi connectivity index (χ1v) is 5.45. The summed E-state index contributed by atoms with van der Waals surface area (Å²) in [5.74, 6) is 0.170. The molecule has 84 valence electrons. The molecule has 0 heterocycles. The summed E-state index contributed by atoms with van der Waals surface area (Å²) in [5.41, 5.74) is 0.867. The molecule has 0 bridgehead atoms. The maximum atomic E-state index is 10.0. The summed E-state index contributed by atoms with van der Waals surface area (Å²) >= 11 is 5.86. The molecule has 0 aliphatic carbocycles. The minimum Gasteiger partial charge on any atom is -0.388 e. The van der Waals surface area contributed by atoms with E-state index in [0.29, 0.717) is 11.6 Å². The van der Waals surface area contributed by atoms with Crippen LogP contribution in [0.5, 0.6) is 0 Å². The number of ether oxygens (including phenoxy) is 1. The monoisotopic (exact) mass is 228 g/mol. The van der Waals surface area contributed by atoms with Crippen molar-refractivity contribution in [1.29, 1.82) is 0 Å². The second-order valence-electron chi connectivity index (χ2n) is 3.76. The van der Waals surface area contributed by atoms with Crippen LogP contribution in [0.2, 0.25) is 5.02 Å². The Balaban J connectivity index is 2.62. The second kappa shape index (κ2) is 6.11. The average molecular weight is 229 g/mol. The van der Waals surface area contributed by atoms with Crippen molar-refractivity contribution in [1.82, 2.24) is 0 Å². The van der Waals surface area contributed by atoms with E-state index in [1.807, 2.05) is 19.1 Å². The summed E-state index contributed by atoms with van der Waals surface area (Å²) in [7, 11) is 1.67. The molecule has 2 unspecified atom stereocenters. The van der Waals surface area contributed by atoms with Crippen molar-refractivity contribution in [2.24, 2.45) is 5.92 Å². The highest BCUT2D eigenvalue weighted by molar-refractivity contribution is 6.30. The molecule has 1 aromatic carbocycles. The van der Waals surface area contributed by atoms with Gasteiger partial charge in [0.15, 0.2) is 0 Å². The molecule has 15 heavy (non-hydrogen) atoms. The largest absolute Gasteiger partial charge is 0.388 e. The first kappa shape index (κ1) is 12.5. The Labute approximate surface area is 95.8 Å². The topological polar surface area (TPSA) is 29.5 Å². The molecule has 0 spiro atoms. The lowest BCUT2D eigenvalue weighted by Gasteiger charge is -2.18. The maximum absolute atomic E-state index is 10.0. The van der Waals surface area contributed by atoms with Crippen LogP contribution >= 0.6 is 11.6 Å². The zero-order valence-electron chi connectivity index (χ0n) is 9.11. The third-order valence-corrected chi connectivity index (χ3v) is 2.74. The van der Waals surface area contributed by atoms with Crippen molar-refractivity contribution >= 4 is 11.6 Å². The molecule has 0 fully saturated rings. The van der Waals surface area contributed by atoms with Crippen LogP contribution in [-0.4, -0.2) is 18.8 Å². The summed E-state index contributed by atoms with van der Waals surface area (Å²) in [6, 6.07) is 7.34. The van der Waals surface area contributed by atoms with Crippen molar-refractivity contribution < 1.29 is 9.84 Å². The van der Waals surface area contributed by atoms with Crippen LogP contribution in [0.25, 0.3) is 0 Å². The van der Waals surface area contributed by atoms with Gasteiger partial charge in [-0.1, -0.05) is 30.7 Å². The van der Waals surface area contributed by atoms with E-state index in [4.69, 9.17) is 16.3 Å². The average Bonchev–Trinajstić information content (AvgIpc) is 2.24. The van der Waals surface area contributed by atoms with Crippen LogP contribution in [0.3, 0.4) is 0 Å². The zero-order valence-corrected chi connectivity index (χ0v) is 9.87. The lowest BCUT2D eigenvalue weighted by Crippen LogP contribution is -2.11. The van der Waals surface area contributed by atoms with Gasteiger partial charge in [-0.3, -0.25) is 0 Å². The molecule has 0 aliphatic heterocycles. The molecular formula is C12H17ClO2. The first-order valence-electron chi connectivity index (χ1n) is 5.07. The molecule has 0 aliphatic rings. The van der Waals surface area contributed by atoms with Crippen LogP contribution in [0.4, 0.5) is 0 Å². The summed E-state index contributed by atoms with van der Waals surface area (Å²) in [5, 5.41) is 10.7. The van der Waals surface area contributed by atoms with E-state index in [2.05, 4.69) is 0 Å². The Kier molecular flexibility index (Phi) is 5.09. The van der Waals surface area contributed by atoms with Crippen LogP contribution < -0.4 is 0 Å². The molecule has 0 amide bonds. The number of hydrogen-bond donors (Lipinski definition) is 1. The summed E-state index contributed by atoms with van der Waals surface area (Å²) in [6.07, 6.45) is 0.364. The minimum atomic E-state index is -0.473. The van der Waals surface area contributed by atoms with Crippen molar-refractivity contribution in [3.8, 4) is 0 Å². The summed E-state index contributed by atoms with van der Waals surface area (Å²) in [6.45, 7) is 2.67. The fourth-order valence-electron chi connectivity index (χ4n) is 1.48. The van der Waals surface area contributed by atoms with Gasteiger partial charge in [-0.15, -0.1) is 0 Å². The SMILES string of the molecule is COCCC(C)C(O)c1cccc(Cl)c1. The quantitative estimate of drug-likeness (QED) is 0.840. The number of methoxy groups -OCH3 is 1. The predicted octanol–water partition coefficient (Wildman–Crippen LogP) is 3.05. The predicted molar refractivity (Wildman–Crippen MR) is 62.1 cm³/mol. The molecular weight excluding hydrogens is 212 g/mol. The van der Waals surface area contributed by atoms with Gasteiger partial charge in [-0.2, -0.15) is 0 Å². The van der Waals surface area contributed by atoms with Gasteiger partial charge >= 0.3 is 0 Å². The number of hydrogen-bond acceptors (Lipinski definition) is 2. The van der Waals surface area contributed by atoms with Gasteiger partial charge < -0.3 is 9.84 Å². The standard InChI is InChI=1S/C12H17ClO2/c1-9(6-7-15-2)12(14)10-4-3-5-11(13)8-10/h3-5,8-9,12,14H,6-7H2,1-2H3. The fraction of sp³-hybridized carbons (Fsp3) is 0.500. The van der Waals surface area contributed by atoms with Crippen LogP contribution in [-0.2, 0) is 4.74 Å². The second-order valence-corrected chi connectivity index (χ2v) is 4.20. The molecule has 1 aromatic rings. The van der Waals surface area contributed by atoms with Gasteiger partial charge in [0.05, 0.1) is 6.10 Å². The van der Waals surface area contributed by atoms with Gasteiger partial charge in [0.25, 0.3) is 0 Å². The molecule has 2 atom stereocenters. The number of rotatable bonds is 5. The molecule has 0 saturated carbocycles. The zero-order chi connectivity index (χ0) is 11.3. The van der Waals surface area contributed by atoms with Gasteiger partial charge in [-0.25, -0.2) is 0 Å². The molecule has 1 rings (SSSR count). The minimum absolute atomic E-state index is 0.170. The lowest BCUT2D eigenvalue weighted by molar-refractivity contribution is 0.0886. The Morgan fingerprint density at radius 1 is 1.47 bits per heavy atom. The normalized spacial score (nSPS) is 14.9. The number of halogens is 1. The van der Waals surface area contributed by atoms with Gasteiger partial charge in [0.1, 0.15) is 0 Å². The van der Waals surface area contributed by atoms with Crippen molar-refractivity contribution in [3.05, 3.63) is 34.9 Å². The smallest absolute Gasteiger partial charge is 0.0816 e. The highest BCUT2D eigenvalue weighted by Gasteiger charge is 2.15. The highest BCUT2D eigenvalue weighted by Crippen LogP contribution is 2.25. The number of benzene rings is 1. The van der Waals surface area contributed by atoms with Crippen LogP contribution in [0, 0.1) is 5.92 Å². The van der Waals surface area contributed by atoms with E-state index in [1.54, 1.807) is 19.2 Å². The van der Waals surface area contributed by atoms with E-state index in [-0.39, 0.29) is 5.92 Å². The fourth-order valence-corrected chi connectivity index (χ4v) is 1.68. The van der Waals surface area contributed by atoms with Gasteiger partial charge in [0, 0.05) is 18.7 Å². The summed E-state index contributed by atoms with van der Waals surface area (Å²) in [4.78, 5) is 0. The van der Waals surface area contributed by atoms with E-state index in [9.17, 15) is 5.11 Å². The maximum Gasteiger partial charge on any atom is 0.0816 e. The van der Waals surface area contributed by atoms with E-state index >= 15 is 0 Å². The molecule has 0 saturated heterocycles. The van der Waals surface area contributed by atoms with Gasteiger partial charge in [0.2, 0.25) is 0 Å². The lowest BCUT2D eigenvalue weighted by atomic mass is 9.95. The van der Waals surface area contributed by atoms with Crippen molar-refractivity contribution in [2.45, 2.75) is 19.4 Å². The third kappa shape index (κ3) is 3.82. The first-order chi connectivity index (χ1) is 7.15. The van der Waals surface area contributed by atoms with Crippen molar-refractivity contribution in [2.75, 3.05) is 13.7 Å². The Morgan fingerprint density at radius 3 is 2.80 bits per heavy atom. The van der Waals surface area contributed by atoms with E-state index in [0.717, 1.165) is 12.0 Å². The Hall–Kier alpha value is -0.570. The number of aliphatic hydroxyl groups excluding tert-OH is 1. The van der Waals surface area contributed by atoms with Crippen LogP contribution in [0.15, 0.2) is 24.3 Å². The Morgan fingerprint density at radius 2 is 2.20 bits per heavy atom. The molecule has 2 nitrogen and oxygen atoms in total. The van der Waals surface area contributed by atoms with E-state index < -0.39 is 6.10 Å². The summed E-state index contributed by atoms with van der Waals surface area (Å²) < 4.78 is 4.99. The van der Waals surface area contributed by atoms with Crippen molar-refractivity contribution in [3.63, 3.8) is 0 Å². The van der Waals surface area contributed by atoms with E-state index in [1.165, 1.54) is 0 Å². The Bertz CT molecular complexity index is 301. The third-order valence-electron chi connectivity index (χ3n) is 2.51.